The zero-order chi connectivity index (χ0) is 16.4. The summed E-state index contributed by atoms with van der Waals surface area (Å²) in [6, 6.07) is 8.73. The third-order valence-corrected chi connectivity index (χ3v) is 4.39. The standard InChI is InChI=1S/C18H29N3S/c1-6-13-9-7-8-10-15(13)20-16(22)19-14-11-17(2,3)21-18(4,5)12-14/h7-10,14,21H,6,11-12H2,1-5H3,(H2,19,20,22). The molecular formula is C18H29N3S. The Kier molecular flexibility index (Phi) is 5.13. The molecule has 0 radical (unpaired) electrons. The van der Waals surface area contributed by atoms with Gasteiger partial charge >= 0.3 is 0 Å². The first kappa shape index (κ1) is 17.2. The molecule has 0 atom stereocenters. The second-order valence-electron chi connectivity index (χ2n) is 7.61. The van der Waals surface area contributed by atoms with Crippen LogP contribution >= 0.6 is 12.2 Å². The van der Waals surface area contributed by atoms with Crippen molar-refractivity contribution in [1.29, 1.82) is 0 Å². The van der Waals surface area contributed by atoms with Crippen molar-refractivity contribution in [1.82, 2.24) is 10.6 Å². The van der Waals surface area contributed by atoms with Crippen molar-refractivity contribution >= 4 is 23.0 Å². The number of piperidine rings is 1. The van der Waals surface area contributed by atoms with Crippen LogP contribution in [0.15, 0.2) is 24.3 Å². The molecule has 0 aliphatic carbocycles. The van der Waals surface area contributed by atoms with Gasteiger partial charge in [0.2, 0.25) is 0 Å². The van der Waals surface area contributed by atoms with Crippen molar-refractivity contribution in [2.45, 2.75) is 71.0 Å². The van der Waals surface area contributed by atoms with Gasteiger partial charge in [0.15, 0.2) is 5.11 Å². The van der Waals surface area contributed by atoms with Crippen molar-refractivity contribution in [3.05, 3.63) is 29.8 Å². The minimum atomic E-state index is 0.121. The van der Waals surface area contributed by atoms with Crippen LogP contribution < -0.4 is 16.0 Å². The van der Waals surface area contributed by atoms with Crippen LogP contribution in [0.1, 0.15) is 53.0 Å². The van der Waals surface area contributed by atoms with Gasteiger partial charge in [-0.2, -0.15) is 0 Å². The molecule has 122 valence electrons. The van der Waals surface area contributed by atoms with Crippen LogP contribution in [0, 0.1) is 0 Å². The molecule has 4 heteroatoms. The van der Waals surface area contributed by atoms with E-state index in [9.17, 15) is 0 Å². The first-order valence-corrected chi connectivity index (χ1v) is 8.56. The number of anilines is 1. The fourth-order valence-corrected chi connectivity index (χ4v) is 4.00. The molecule has 0 saturated carbocycles. The van der Waals surface area contributed by atoms with Gasteiger partial charge in [0, 0.05) is 22.8 Å². The van der Waals surface area contributed by atoms with Crippen LogP contribution in [0.3, 0.4) is 0 Å². The Hall–Kier alpha value is -1.13. The Labute approximate surface area is 140 Å². The fourth-order valence-electron chi connectivity index (χ4n) is 3.72. The molecule has 3 N–H and O–H groups in total. The van der Waals surface area contributed by atoms with Gasteiger partial charge in [-0.3, -0.25) is 0 Å². The van der Waals surface area contributed by atoms with Gasteiger partial charge in [-0.25, -0.2) is 0 Å². The average molecular weight is 320 g/mol. The molecular weight excluding hydrogens is 290 g/mol. The number of thiocarbonyl (C=S) groups is 1. The van der Waals surface area contributed by atoms with E-state index >= 15 is 0 Å². The number of para-hydroxylation sites is 1. The normalized spacial score (nSPS) is 20.4. The highest BCUT2D eigenvalue weighted by Gasteiger charge is 2.37. The number of benzene rings is 1. The summed E-state index contributed by atoms with van der Waals surface area (Å²) >= 11 is 5.53. The van der Waals surface area contributed by atoms with E-state index in [1.54, 1.807) is 0 Å². The van der Waals surface area contributed by atoms with Crippen molar-refractivity contribution in [2.75, 3.05) is 5.32 Å². The van der Waals surface area contributed by atoms with Crippen molar-refractivity contribution < 1.29 is 0 Å². The Bertz CT molecular complexity index is 521. The molecule has 0 bridgehead atoms. The minimum absolute atomic E-state index is 0.121. The van der Waals surface area contributed by atoms with Crippen LogP contribution in [0.2, 0.25) is 0 Å². The topological polar surface area (TPSA) is 36.1 Å². The molecule has 1 saturated heterocycles. The van der Waals surface area contributed by atoms with Gasteiger partial charge in [-0.05, 0) is 70.8 Å². The summed E-state index contributed by atoms with van der Waals surface area (Å²) in [7, 11) is 0. The molecule has 3 nitrogen and oxygen atoms in total. The smallest absolute Gasteiger partial charge is 0.171 e. The van der Waals surface area contributed by atoms with Crippen LogP contribution in [-0.2, 0) is 6.42 Å². The van der Waals surface area contributed by atoms with Crippen LogP contribution in [-0.4, -0.2) is 22.2 Å². The summed E-state index contributed by atoms with van der Waals surface area (Å²) < 4.78 is 0. The van der Waals surface area contributed by atoms with Gasteiger partial charge < -0.3 is 16.0 Å². The van der Waals surface area contributed by atoms with Gasteiger partial charge in [0.1, 0.15) is 0 Å². The molecule has 1 aliphatic rings. The Morgan fingerprint density at radius 1 is 1.18 bits per heavy atom. The first-order chi connectivity index (χ1) is 10.2. The second-order valence-corrected chi connectivity index (χ2v) is 8.02. The minimum Gasteiger partial charge on any atom is -0.360 e. The van der Waals surface area contributed by atoms with Gasteiger partial charge in [-0.1, -0.05) is 25.1 Å². The highest BCUT2D eigenvalue weighted by atomic mass is 32.1. The molecule has 1 aromatic rings. The van der Waals surface area contributed by atoms with Crippen molar-refractivity contribution in [3.8, 4) is 0 Å². The zero-order valence-corrected chi connectivity index (χ0v) is 15.2. The van der Waals surface area contributed by atoms with E-state index in [1.165, 1.54) is 5.56 Å². The Morgan fingerprint density at radius 2 is 1.77 bits per heavy atom. The van der Waals surface area contributed by atoms with Crippen LogP contribution in [0.5, 0.6) is 0 Å². The third-order valence-electron chi connectivity index (χ3n) is 4.17. The maximum absolute atomic E-state index is 5.53. The zero-order valence-electron chi connectivity index (χ0n) is 14.4. The number of aryl methyl sites for hydroxylation is 1. The molecule has 1 fully saturated rings. The van der Waals surface area contributed by atoms with Gasteiger partial charge in [0.05, 0.1) is 0 Å². The van der Waals surface area contributed by atoms with E-state index < -0.39 is 0 Å². The molecule has 1 heterocycles. The van der Waals surface area contributed by atoms with Crippen molar-refractivity contribution in [2.24, 2.45) is 0 Å². The van der Waals surface area contributed by atoms with E-state index in [-0.39, 0.29) is 11.1 Å². The summed E-state index contributed by atoms with van der Waals surface area (Å²) in [6.45, 7) is 11.2. The molecule has 1 aromatic carbocycles. The lowest BCUT2D eigenvalue weighted by Crippen LogP contribution is -2.62. The number of hydrogen-bond donors (Lipinski definition) is 3. The summed E-state index contributed by atoms with van der Waals surface area (Å²) in [4.78, 5) is 0. The molecule has 22 heavy (non-hydrogen) atoms. The van der Waals surface area contributed by atoms with Crippen LogP contribution in [0.25, 0.3) is 0 Å². The quantitative estimate of drug-likeness (QED) is 0.740. The number of nitrogens with one attached hydrogen (secondary N) is 3. The lowest BCUT2D eigenvalue weighted by Gasteiger charge is -2.46. The lowest BCUT2D eigenvalue weighted by molar-refractivity contribution is 0.156. The highest BCUT2D eigenvalue weighted by Crippen LogP contribution is 2.28. The fraction of sp³-hybridized carbons (Fsp3) is 0.611. The molecule has 0 aromatic heterocycles. The maximum Gasteiger partial charge on any atom is 0.171 e. The number of rotatable bonds is 3. The molecule has 0 unspecified atom stereocenters. The summed E-state index contributed by atoms with van der Waals surface area (Å²) in [5.41, 5.74) is 2.64. The molecule has 0 spiro atoms. The van der Waals surface area contributed by atoms with Crippen LogP contribution in [0.4, 0.5) is 5.69 Å². The summed E-state index contributed by atoms with van der Waals surface area (Å²) in [6.07, 6.45) is 3.13. The lowest BCUT2D eigenvalue weighted by atomic mass is 9.80. The van der Waals surface area contributed by atoms with E-state index in [4.69, 9.17) is 12.2 Å². The van der Waals surface area contributed by atoms with E-state index in [0.29, 0.717) is 6.04 Å². The SMILES string of the molecule is CCc1ccccc1NC(=S)NC1CC(C)(C)NC(C)(C)C1. The second kappa shape index (κ2) is 6.55. The maximum atomic E-state index is 5.53. The first-order valence-electron chi connectivity index (χ1n) is 8.15. The molecule has 1 aliphatic heterocycles. The monoisotopic (exact) mass is 319 g/mol. The summed E-state index contributed by atoms with van der Waals surface area (Å²) in [5.74, 6) is 0. The Balaban J connectivity index is 2.00. The molecule has 2 rings (SSSR count). The predicted molar refractivity (Wildman–Crippen MR) is 99.5 cm³/mol. The predicted octanol–water partition coefficient (Wildman–Crippen LogP) is 3.84. The largest absolute Gasteiger partial charge is 0.360 e. The van der Waals surface area contributed by atoms with Gasteiger partial charge in [-0.15, -0.1) is 0 Å². The average Bonchev–Trinajstić information content (AvgIpc) is 2.35. The van der Waals surface area contributed by atoms with Gasteiger partial charge in [0.25, 0.3) is 0 Å². The van der Waals surface area contributed by atoms with E-state index in [0.717, 1.165) is 30.1 Å². The van der Waals surface area contributed by atoms with Crippen molar-refractivity contribution in [3.63, 3.8) is 0 Å². The Morgan fingerprint density at radius 3 is 2.36 bits per heavy atom. The van der Waals surface area contributed by atoms with E-state index in [2.05, 4.69) is 68.8 Å². The summed E-state index contributed by atoms with van der Waals surface area (Å²) in [5, 5.41) is 11.3. The van der Waals surface area contributed by atoms with E-state index in [1.807, 2.05) is 6.07 Å². The third kappa shape index (κ3) is 4.68. The molecule has 0 amide bonds. The highest BCUT2D eigenvalue weighted by molar-refractivity contribution is 7.80. The number of hydrogen-bond acceptors (Lipinski definition) is 2.